The Balaban J connectivity index is 1.44. The number of likely N-dealkylation sites (tertiary alicyclic amines) is 1. The van der Waals surface area contributed by atoms with Gasteiger partial charge in [-0.05, 0) is 44.0 Å². The first kappa shape index (κ1) is 25.7. The minimum Gasteiger partial charge on any atom is -0.491 e. The van der Waals surface area contributed by atoms with Crippen LogP contribution in [0.15, 0.2) is 52.2 Å². The van der Waals surface area contributed by atoms with Gasteiger partial charge < -0.3 is 9.64 Å². The number of ether oxygens (including phenoxy) is 1. The van der Waals surface area contributed by atoms with Gasteiger partial charge in [-0.25, -0.2) is 17.8 Å². The molecule has 0 radical (unpaired) electrons. The number of hydrogen-bond acceptors (Lipinski definition) is 7. The number of likely N-dealkylation sites (N-methyl/N-ethyl adjacent to an activating group) is 1. The normalized spacial score (nSPS) is 16.6. The van der Waals surface area contributed by atoms with Crippen LogP contribution in [0.1, 0.15) is 25.8 Å². The van der Waals surface area contributed by atoms with Crippen LogP contribution in [0.5, 0.6) is 5.75 Å². The van der Waals surface area contributed by atoms with Crippen LogP contribution in [0, 0.1) is 5.82 Å². The lowest BCUT2D eigenvalue weighted by Gasteiger charge is -2.28. The SMILES string of the molecule is CC(C)Oc1cccc(CN2CC[C@H](N(C)c3cc(F)c(S(=O)(=O)Nc4cscn4)cc3Cl)C2)c1. The van der Waals surface area contributed by atoms with Crippen LogP contribution < -0.4 is 14.4 Å². The Hall–Kier alpha value is -2.40. The molecule has 7 nitrogen and oxygen atoms in total. The summed E-state index contributed by atoms with van der Waals surface area (Å²) in [6, 6.07) is 10.5. The van der Waals surface area contributed by atoms with E-state index in [1.54, 1.807) is 0 Å². The van der Waals surface area contributed by atoms with Crippen LogP contribution in [-0.2, 0) is 16.6 Å². The van der Waals surface area contributed by atoms with Crippen molar-refractivity contribution in [3.05, 3.63) is 63.7 Å². The number of hydrogen-bond donors (Lipinski definition) is 1. The van der Waals surface area contributed by atoms with E-state index in [4.69, 9.17) is 16.3 Å². The summed E-state index contributed by atoms with van der Waals surface area (Å²) < 4.78 is 48.3. The fourth-order valence-electron chi connectivity index (χ4n) is 4.17. The molecule has 4 rings (SSSR count). The number of anilines is 2. The molecule has 0 aliphatic carbocycles. The first-order chi connectivity index (χ1) is 16.6. The second-order valence-corrected chi connectivity index (χ2v) is 11.6. The standard InChI is InChI=1S/C24H28ClFN4O3S2/c1-16(2)33-19-6-4-5-17(9-19)12-30-8-7-18(13-30)29(3)22-11-21(26)23(10-20(22)25)35(31,32)28-24-14-34-15-27-24/h4-6,9-11,14-16,18,28H,7-8,12-13H2,1-3H3/t18-/m0/s1. The second kappa shape index (κ2) is 10.7. The van der Waals surface area contributed by atoms with Crippen molar-refractivity contribution in [2.24, 2.45) is 0 Å². The highest BCUT2D eigenvalue weighted by atomic mass is 35.5. The highest BCUT2D eigenvalue weighted by Crippen LogP contribution is 2.34. The Labute approximate surface area is 214 Å². The molecule has 0 amide bonds. The first-order valence-corrected chi connectivity index (χ1v) is 14.0. The van der Waals surface area contributed by atoms with Gasteiger partial charge in [0.2, 0.25) is 0 Å². The smallest absolute Gasteiger partial charge is 0.266 e. The van der Waals surface area contributed by atoms with Gasteiger partial charge in [-0.3, -0.25) is 9.62 Å². The average Bonchev–Trinajstić information content (AvgIpc) is 3.46. The van der Waals surface area contributed by atoms with E-state index < -0.39 is 20.7 Å². The molecule has 0 saturated carbocycles. The summed E-state index contributed by atoms with van der Waals surface area (Å²) in [7, 11) is -2.30. The minimum absolute atomic E-state index is 0.109. The van der Waals surface area contributed by atoms with Crippen molar-refractivity contribution in [1.29, 1.82) is 0 Å². The van der Waals surface area contributed by atoms with Gasteiger partial charge in [0.15, 0.2) is 5.82 Å². The number of nitrogens with one attached hydrogen (secondary N) is 1. The Bertz CT molecular complexity index is 1270. The summed E-state index contributed by atoms with van der Waals surface area (Å²) in [6.45, 7) is 6.44. The van der Waals surface area contributed by atoms with Crippen LogP contribution in [-0.4, -0.2) is 50.6 Å². The highest BCUT2D eigenvalue weighted by Gasteiger charge is 2.29. The topological polar surface area (TPSA) is 74.8 Å². The number of halogens is 2. The molecule has 2 aromatic carbocycles. The van der Waals surface area contributed by atoms with Crippen LogP contribution >= 0.6 is 22.9 Å². The third kappa shape index (κ3) is 6.24. The Morgan fingerprint density at radius 2 is 2.14 bits per heavy atom. The van der Waals surface area contributed by atoms with E-state index in [0.29, 0.717) is 5.69 Å². The molecule has 0 spiro atoms. The highest BCUT2D eigenvalue weighted by molar-refractivity contribution is 7.92. The fourth-order valence-corrected chi connectivity index (χ4v) is 6.17. The van der Waals surface area contributed by atoms with Crippen molar-refractivity contribution in [2.45, 2.75) is 43.9 Å². The van der Waals surface area contributed by atoms with Gasteiger partial charge in [0, 0.05) is 44.2 Å². The quantitative estimate of drug-likeness (QED) is 0.402. The third-order valence-corrected chi connectivity index (χ3v) is 8.07. The van der Waals surface area contributed by atoms with Gasteiger partial charge in [0.05, 0.1) is 22.3 Å². The van der Waals surface area contributed by atoms with Crippen molar-refractivity contribution in [2.75, 3.05) is 29.8 Å². The summed E-state index contributed by atoms with van der Waals surface area (Å²) in [6.07, 6.45) is 0.992. The summed E-state index contributed by atoms with van der Waals surface area (Å²) >= 11 is 7.68. The molecule has 0 unspecified atom stereocenters. The van der Waals surface area contributed by atoms with Crippen molar-refractivity contribution in [3.63, 3.8) is 0 Å². The molecule has 1 saturated heterocycles. The molecule has 0 bridgehead atoms. The maximum Gasteiger partial charge on any atom is 0.266 e. The summed E-state index contributed by atoms with van der Waals surface area (Å²) in [5, 5.41) is 1.70. The van der Waals surface area contributed by atoms with Crippen molar-refractivity contribution in [1.82, 2.24) is 9.88 Å². The van der Waals surface area contributed by atoms with Gasteiger partial charge in [-0.15, -0.1) is 11.3 Å². The minimum atomic E-state index is -4.15. The maximum atomic E-state index is 14.9. The molecular weight excluding hydrogens is 511 g/mol. The molecule has 1 aliphatic rings. The molecule has 3 aromatic rings. The van der Waals surface area contributed by atoms with E-state index in [2.05, 4.69) is 26.7 Å². The summed E-state index contributed by atoms with van der Waals surface area (Å²) in [4.78, 5) is 7.63. The Morgan fingerprint density at radius 1 is 1.34 bits per heavy atom. The van der Waals surface area contributed by atoms with E-state index in [1.807, 2.05) is 37.9 Å². The molecule has 1 N–H and O–H groups in total. The molecule has 2 heterocycles. The fraction of sp³-hybridized carbons (Fsp3) is 0.375. The van der Waals surface area contributed by atoms with E-state index in [9.17, 15) is 12.8 Å². The lowest BCUT2D eigenvalue weighted by molar-refractivity contribution is 0.241. The second-order valence-electron chi connectivity index (χ2n) is 8.82. The Morgan fingerprint density at radius 3 is 2.86 bits per heavy atom. The molecule has 1 aromatic heterocycles. The number of nitrogens with zero attached hydrogens (tertiary/aromatic N) is 3. The molecule has 11 heteroatoms. The zero-order chi connectivity index (χ0) is 25.2. The van der Waals surface area contributed by atoms with Crippen LogP contribution in [0.4, 0.5) is 15.9 Å². The van der Waals surface area contributed by atoms with Gasteiger partial charge in [-0.1, -0.05) is 23.7 Å². The lowest BCUT2D eigenvalue weighted by atomic mass is 10.2. The summed E-state index contributed by atoms with van der Waals surface area (Å²) in [5.74, 6) is 0.127. The number of rotatable bonds is 9. The number of aromatic nitrogens is 1. The largest absolute Gasteiger partial charge is 0.491 e. The van der Waals surface area contributed by atoms with Gasteiger partial charge >= 0.3 is 0 Å². The number of sulfonamides is 1. The van der Waals surface area contributed by atoms with Crippen LogP contribution in [0.3, 0.4) is 0 Å². The van der Waals surface area contributed by atoms with Gasteiger partial charge in [0.1, 0.15) is 16.5 Å². The zero-order valence-electron chi connectivity index (χ0n) is 19.7. The molecule has 1 atom stereocenters. The third-order valence-electron chi connectivity index (χ3n) is 5.81. The monoisotopic (exact) mass is 538 g/mol. The molecular formula is C24H28ClFN4O3S2. The van der Waals surface area contributed by atoms with E-state index in [0.717, 1.165) is 43.4 Å². The zero-order valence-corrected chi connectivity index (χ0v) is 22.1. The average molecular weight is 539 g/mol. The van der Waals surface area contributed by atoms with E-state index >= 15 is 0 Å². The Kier molecular flexibility index (Phi) is 7.85. The molecule has 1 aliphatic heterocycles. The first-order valence-electron chi connectivity index (χ1n) is 11.2. The van der Waals surface area contributed by atoms with Gasteiger partial charge in [-0.2, -0.15) is 0 Å². The molecule has 35 heavy (non-hydrogen) atoms. The van der Waals surface area contributed by atoms with Crippen LogP contribution in [0.25, 0.3) is 0 Å². The number of thiazole rings is 1. The van der Waals surface area contributed by atoms with Crippen molar-refractivity contribution in [3.8, 4) is 5.75 Å². The van der Waals surface area contributed by atoms with Crippen molar-refractivity contribution < 1.29 is 17.5 Å². The van der Waals surface area contributed by atoms with E-state index in [-0.39, 0.29) is 23.0 Å². The lowest BCUT2D eigenvalue weighted by Crippen LogP contribution is -2.34. The van der Waals surface area contributed by atoms with Crippen LogP contribution in [0.2, 0.25) is 5.02 Å². The maximum absolute atomic E-state index is 14.9. The van der Waals surface area contributed by atoms with E-state index in [1.165, 1.54) is 28.3 Å². The number of benzene rings is 2. The molecule has 188 valence electrons. The predicted molar refractivity (Wildman–Crippen MR) is 139 cm³/mol. The summed E-state index contributed by atoms with van der Waals surface area (Å²) in [5.41, 5.74) is 3.11. The molecule has 1 fully saturated rings. The predicted octanol–water partition coefficient (Wildman–Crippen LogP) is 5.23. The van der Waals surface area contributed by atoms with Crippen molar-refractivity contribution >= 4 is 44.5 Å². The van der Waals surface area contributed by atoms with Gasteiger partial charge in [0.25, 0.3) is 10.0 Å².